The lowest BCUT2D eigenvalue weighted by atomic mass is 9.90. The molecule has 1 unspecified atom stereocenters. The predicted molar refractivity (Wildman–Crippen MR) is 88.1 cm³/mol. The molecule has 0 aliphatic carbocycles. The second-order valence-corrected chi connectivity index (χ2v) is 7.16. The van der Waals surface area contributed by atoms with Crippen molar-refractivity contribution in [2.45, 2.75) is 31.7 Å². The lowest BCUT2D eigenvalue weighted by Crippen LogP contribution is -2.52. The molecule has 3 aliphatic rings. The van der Waals surface area contributed by atoms with Crippen molar-refractivity contribution in [3.63, 3.8) is 0 Å². The summed E-state index contributed by atoms with van der Waals surface area (Å²) in [6.07, 6.45) is 4.04. The number of nitrogens with two attached hydrogens (primary N) is 1. The first kappa shape index (κ1) is 17.1. The normalized spacial score (nSPS) is 27.1. The molecule has 132 valence electrons. The Hall–Kier alpha value is -0.690. The van der Waals surface area contributed by atoms with Crippen molar-refractivity contribution < 1.29 is 14.3 Å². The molecule has 3 aliphatic heterocycles. The summed E-state index contributed by atoms with van der Waals surface area (Å²) in [6, 6.07) is -0.338. The smallest absolute Gasteiger partial charge is 0.239 e. The van der Waals surface area contributed by atoms with Gasteiger partial charge in [-0.25, -0.2) is 0 Å². The molecule has 0 saturated carbocycles. The lowest BCUT2D eigenvalue weighted by Gasteiger charge is -2.38. The third-order valence-corrected chi connectivity index (χ3v) is 5.61. The van der Waals surface area contributed by atoms with Crippen LogP contribution in [0.1, 0.15) is 25.7 Å². The maximum Gasteiger partial charge on any atom is 0.239 e. The third kappa shape index (κ3) is 4.66. The van der Waals surface area contributed by atoms with Crippen LogP contribution >= 0.6 is 0 Å². The maximum absolute atomic E-state index is 12.6. The minimum absolute atomic E-state index is 0.154. The van der Waals surface area contributed by atoms with E-state index in [1.807, 2.05) is 4.90 Å². The average Bonchev–Trinajstić information content (AvgIpc) is 2.63. The highest BCUT2D eigenvalue weighted by Gasteiger charge is 2.32. The number of hydrogen-bond donors (Lipinski definition) is 1. The summed E-state index contributed by atoms with van der Waals surface area (Å²) in [7, 11) is 0. The number of hydrogen-bond acceptors (Lipinski definition) is 5. The first-order chi connectivity index (χ1) is 11.2. The van der Waals surface area contributed by atoms with Crippen LogP contribution in [0.4, 0.5) is 0 Å². The molecule has 6 nitrogen and oxygen atoms in total. The van der Waals surface area contributed by atoms with E-state index in [0.717, 1.165) is 84.8 Å². The summed E-state index contributed by atoms with van der Waals surface area (Å²) in [6.45, 7) is 8.18. The molecule has 0 aromatic heterocycles. The van der Waals surface area contributed by atoms with Crippen LogP contribution in [0.25, 0.3) is 0 Å². The predicted octanol–water partition coefficient (Wildman–Crippen LogP) is 0.311. The van der Waals surface area contributed by atoms with Gasteiger partial charge in [0, 0.05) is 45.9 Å². The molecule has 1 amide bonds. The SMILES string of the molecule is NC(C(=O)N1CCC(CN2CCOCC2)CC1)C1CCOCC1. The highest BCUT2D eigenvalue weighted by Crippen LogP contribution is 2.23. The van der Waals surface area contributed by atoms with Crippen molar-refractivity contribution in [2.24, 2.45) is 17.6 Å². The molecule has 3 rings (SSSR count). The first-order valence-electron chi connectivity index (χ1n) is 9.16. The molecule has 0 aromatic carbocycles. The van der Waals surface area contributed by atoms with E-state index < -0.39 is 0 Å². The van der Waals surface area contributed by atoms with Crippen molar-refractivity contribution in [2.75, 3.05) is 59.2 Å². The van der Waals surface area contributed by atoms with Crippen molar-refractivity contribution in [3.05, 3.63) is 0 Å². The molecule has 0 radical (unpaired) electrons. The van der Waals surface area contributed by atoms with E-state index in [1.165, 1.54) is 0 Å². The van der Waals surface area contributed by atoms with E-state index >= 15 is 0 Å². The van der Waals surface area contributed by atoms with Crippen LogP contribution < -0.4 is 5.73 Å². The third-order valence-electron chi connectivity index (χ3n) is 5.61. The standard InChI is InChI=1S/C17H31N3O3/c18-16(15-3-9-22-10-4-15)17(21)20-5-1-14(2-6-20)13-19-7-11-23-12-8-19/h14-16H,1-13,18H2. The quantitative estimate of drug-likeness (QED) is 0.806. The van der Waals surface area contributed by atoms with E-state index in [0.29, 0.717) is 11.8 Å². The number of piperidine rings is 1. The average molecular weight is 325 g/mol. The molecule has 0 bridgehead atoms. The lowest BCUT2D eigenvalue weighted by molar-refractivity contribution is -0.136. The fraction of sp³-hybridized carbons (Fsp3) is 0.941. The molecule has 3 saturated heterocycles. The Morgan fingerprint density at radius 2 is 1.57 bits per heavy atom. The zero-order valence-corrected chi connectivity index (χ0v) is 14.1. The minimum atomic E-state index is -0.338. The van der Waals surface area contributed by atoms with Gasteiger partial charge in [0.1, 0.15) is 0 Å². The molecule has 3 fully saturated rings. The minimum Gasteiger partial charge on any atom is -0.381 e. The Kier molecular flexibility index (Phi) is 6.28. The number of carbonyl (C=O) groups is 1. The van der Waals surface area contributed by atoms with Crippen molar-refractivity contribution >= 4 is 5.91 Å². The summed E-state index contributed by atoms with van der Waals surface area (Å²) in [4.78, 5) is 17.1. The number of ether oxygens (including phenoxy) is 2. The van der Waals surface area contributed by atoms with E-state index in [9.17, 15) is 4.79 Å². The van der Waals surface area contributed by atoms with Crippen LogP contribution in [-0.4, -0.2) is 80.9 Å². The van der Waals surface area contributed by atoms with Crippen LogP contribution in [-0.2, 0) is 14.3 Å². The van der Waals surface area contributed by atoms with Crippen molar-refractivity contribution in [3.8, 4) is 0 Å². The largest absolute Gasteiger partial charge is 0.381 e. The Morgan fingerprint density at radius 1 is 0.957 bits per heavy atom. The molecule has 23 heavy (non-hydrogen) atoms. The number of morpholine rings is 1. The fourth-order valence-corrected chi connectivity index (χ4v) is 3.97. The Labute approximate surface area is 139 Å². The first-order valence-corrected chi connectivity index (χ1v) is 9.16. The van der Waals surface area contributed by atoms with Gasteiger partial charge in [-0.3, -0.25) is 9.69 Å². The second-order valence-electron chi connectivity index (χ2n) is 7.16. The highest BCUT2D eigenvalue weighted by molar-refractivity contribution is 5.82. The van der Waals surface area contributed by atoms with Gasteiger partial charge in [-0.15, -0.1) is 0 Å². The monoisotopic (exact) mass is 325 g/mol. The summed E-state index contributed by atoms with van der Waals surface area (Å²) >= 11 is 0. The molecule has 1 atom stereocenters. The summed E-state index contributed by atoms with van der Waals surface area (Å²) < 4.78 is 10.8. The van der Waals surface area contributed by atoms with Gasteiger partial charge in [0.2, 0.25) is 5.91 Å². The molecular formula is C17H31N3O3. The van der Waals surface area contributed by atoms with Gasteiger partial charge in [0.15, 0.2) is 0 Å². The number of carbonyl (C=O) groups excluding carboxylic acids is 1. The van der Waals surface area contributed by atoms with Crippen LogP contribution in [0.2, 0.25) is 0 Å². The van der Waals surface area contributed by atoms with Gasteiger partial charge in [-0.05, 0) is 37.5 Å². The zero-order chi connectivity index (χ0) is 16.1. The highest BCUT2D eigenvalue weighted by atomic mass is 16.5. The Morgan fingerprint density at radius 3 is 2.22 bits per heavy atom. The molecular weight excluding hydrogens is 294 g/mol. The van der Waals surface area contributed by atoms with Crippen molar-refractivity contribution in [1.82, 2.24) is 9.80 Å². The molecule has 6 heteroatoms. The number of amides is 1. The van der Waals surface area contributed by atoms with Crippen LogP contribution in [0.3, 0.4) is 0 Å². The van der Waals surface area contributed by atoms with E-state index in [-0.39, 0.29) is 11.9 Å². The van der Waals surface area contributed by atoms with Gasteiger partial charge in [-0.2, -0.15) is 0 Å². The molecule has 0 spiro atoms. The Bertz CT molecular complexity index is 373. The number of nitrogens with zero attached hydrogens (tertiary/aromatic N) is 2. The summed E-state index contributed by atoms with van der Waals surface area (Å²) in [5.74, 6) is 1.15. The van der Waals surface area contributed by atoms with E-state index in [2.05, 4.69) is 4.90 Å². The van der Waals surface area contributed by atoms with Crippen LogP contribution in [0.15, 0.2) is 0 Å². The fourth-order valence-electron chi connectivity index (χ4n) is 3.97. The molecule has 0 aromatic rings. The van der Waals surface area contributed by atoms with Gasteiger partial charge in [-0.1, -0.05) is 0 Å². The topological polar surface area (TPSA) is 68.0 Å². The number of likely N-dealkylation sites (tertiary alicyclic amines) is 1. The van der Waals surface area contributed by atoms with E-state index in [1.54, 1.807) is 0 Å². The Balaban J connectivity index is 1.41. The number of rotatable bonds is 4. The summed E-state index contributed by atoms with van der Waals surface area (Å²) in [5.41, 5.74) is 6.24. The van der Waals surface area contributed by atoms with E-state index in [4.69, 9.17) is 15.2 Å². The van der Waals surface area contributed by atoms with Gasteiger partial charge < -0.3 is 20.1 Å². The van der Waals surface area contributed by atoms with Crippen molar-refractivity contribution in [1.29, 1.82) is 0 Å². The second kappa shape index (κ2) is 8.42. The van der Waals surface area contributed by atoms with Crippen LogP contribution in [0.5, 0.6) is 0 Å². The van der Waals surface area contributed by atoms with Gasteiger partial charge in [0.05, 0.1) is 19.3 Å². The zero-order valence-electron chi connectivity index (χ0n) is 14.1. The van der Waals surface area contributed by atoms with Crippen LogP contribution in [0, 0.1) is 11.8 Å². The molecule has 2 N–H and O–H groups in total. The van der Waals surface area contributed by atoms with Gasteiger partial charge >= 0.3 is 0 Å². The molecule has 3 heterocycles. The van der Waals surface area contributed by atoms with Gasteiger partial charge in [0.25, 0.3) is 0 Å². The maximum atomic E-state index is 12.6. The summed E-state index contributed by atoms with van der Waals surface area (Å²) in [5, 5.41) is 0.